The number of benzene rings is 1. The van der Waals surface area contributed by atoms with Crippen molar-refractivity contribution in [2.75, 3.05) is 18.4 Å². The van der Waals surface area contributed by atoms with Crippen molar-refractivity contribution in [2.24, 2.45) is 5.16 Å². The van der Waals surface area contributed by atoms with Gasteiger partial charge in [0.05, 0.1) is 10.1 Å². The summed E-state index contributed by atoms with van der Waals surface area (Å²) < 4.78 is 31.1. The second-order valence-electron chi connectivity index (χ2n) is 9.09. The topological polar surface area (TPSA) is 145 Å². The summed E-state index contributed by atoms with van der Waals surface area (Å²) in [4.78, 5) is 32.8. The second kappa shape index (κ2) is 11.0. The highest BCUT2D eigenvalue weighted by atomic mass is 32.2. The third kappa shape index (κ3) is 5.93. The number of hydrogen-bond donors (Lipinski definition) is 2. The van der Waals surface area contributed by atoms with Gasteiger partial charge in [0, 0.05) is 29.8 Å². The molecule has 4 aromatic rings. The van der Waals surface area contributed by atoms with Crippen molar-refractivity contribution in [3.05, 3.63) is 58.5 Å². The number of oxime groups is 1. The lowest BCUT2D eigenvalue weighted by molar-refractivity contribution is -0.110. The first-order valence-electron chi connectivity index (χ1n) is 12.3. The molecule has 0 radical (unpaired) electrons. The Morgan fingerprint density at radius 1 is 1.13 bits per heavy atom. The summed E-state index contributed by atoms with van der Waals surface area (Å²) in [6.45, 7) is 1.79. The van der Waals surface area contributed by atoms with Crippen molar-refractivity contribution in [3.63, 3.8) is 0 Å². The molecule has 0 bridgehead atoms. The molecule has 0 unspecified atom stereocenters. The SMILES string of the molecule is O=C(Nc1nc2ccc(O[C@H]3CCNC3)nc2s1)C(=NOCc1nccs1)c1ccc(S(=O)(=O)C2CC2)cc1. The van der Waals surface area contributed by atoms with Gasteiger partial charge in [-0.05, 0) is 44.0 Å². The van der Waals surface area contributed by atoms with Crippen molar-refractivity contribution >= 4 is 59.6 Å². The quantitative estimate of drug-likeness (QED) is 0.212. The van der Waals surface area contributed by atoms with Gasteiger partial charge in [-0.3, -0.25) is 10.1 Å². The molecule has 1 aliphatic carbocycles. The number of nitrogens with one attached hydrogen (secondary N) is 2. The average molecular weight is 585 g/mol. The van der Waals surface area contributed by atoms with Crippen molar-refractivity contribution in [3.8, 4) is 5.88 Å². The molecule has 2 N–H and O–H groups in total. The normalized spacial score (nSPS) is 17.8. The van der Waals surface area contributed by atoms with Crippen LogP contribution in [0.1, 0.15) is 29.8 Å². The van der Waals surface area contributed by atoms with Crippen molar-refractivity contribution in [1.82, 2.24) is 20.3 Å². The highest BCUT2D eigenvalue weighted by Crippen LogP contribution is 2.33. The van der Waals surface area contributed by atoms with Gasteiger partial charge < -0.3 is 14.9 Å². The zero-order valence-corrected chi connectivity index (χ0v) is 23.0. The third-order valence-corrected chi connectivity index (χ3v) is 10.1. The van der Waals surface area contributed by atoms with Crippen LogP contribution in [0.3, 0.4) is 0 Å². The van der Waals surface area contributed by atoms with E-state index in [1.54, 1.807) is 30.5 Å². The van der Waals surface area contributed by atoms with Crippen LogP contribution in [0.5, 0.6) is 5.88 Å². The number of nitrogens with zero attached hydrogens (tertiary/aromatic N) is 4. The zero-order valence-electron chi connectivity index (χ0n) is 20.6. The van der Waals surface area contributed by atoms with Crippen LogP contribution < -0.4 is 15.4 Å². The number of ether oxygens (including phenoxy) is 1. The Kier molecular flexibility index (Phi) is 7.25. The maximum Gasteiger partial charge on any atom is 0.280 e. The first-order chi connectivity index (χ1) is 19.0. The molecular formula is C25H24N6O5S3. The van der Waals surface area contributed by atoms with Crippen LogP contribution in [-0.4, -0.2) is 59.4 Å². The van der Waals surface area contributed by atoms with Crippen LogP contribution in [0.4, 0.5) is 5.13 Å². The van der Waals surface area contributed by atoms with E-state index in [0.29, 0.717) is 44.8 Å². The first-order valence-corrected chi connectivity index (χ1v) is 15.6. The lowest BCUT2D eigenvalue weighted by atomic mass is 10.1. The van der Waals surface area contributed by atoms with Gasteiger partial charge in [-0.2, -0.15) is 0 Å². The molecule has 14 heteroatoms. The summed E-state index contributed by atoms with van der Waals surface area (Å²) in [6.07, 6.45) is 4.00. The number of anilines is 1. The minimum atomic E-state index is -3.36. The summed E-state index contributed by atoms with van der Waals surface area (Å²) >= 11 is 2.62. The molecule has 1 aliphatic heterocycles. The zero-order chi connectivity index (χ0) is 26.8. The van der Waals surface area contributed by atoms with Crippen LogP contribution in [0.25, 0.3) is 10.3 Å². The van der Waals surface area contributed by atoms with Gasteiger partial charge in [-0.25, -0.2) is 23.4 Å². The minimum absolute atomic E-state index is 0.0214. The molecule has 6 rings (SSSR count). The van der Waals surface area contributed by atoms with E-state index >= 15 is 0 Å². The number of rotatable bonds is 10. The number of carbonyl (C=O) groups is 1. The number of amides is 1. The fourth-order valence-electron chi connectivity index (χ4n) is 4.05. The van der Waals surface area contributed by atoms with Crippen LogP contribution in [0, 0.1) is 0 Å². The van der Waals surface area contributed by atoms with Crippen molar-refractivity contribution in [2.45, 2.75) is 42.1 Å². The summed E-state index contributed by atoms with van der Waals surface area (Å²) in [5.74, 6) is -0.0451. The number of hydrogen-bond acceptors (Lipinski definition) is 12. The molecule has 202 valence electrons. The van der Waals surface area contributed by atoms with Gasteiger partial charge >= 0.3 is 0 Å². The smallest absolute Gasteiger partial charge is 0.280 e. The molecule has 1 aromatic carbocycles. The fraction of sp³-hybridized carbons (Fsp3) is 0.320. The molecule has 0 spiro atoms. The Hall–Kier alpha value is -3.46. The van der Waals surface area contributed by atoms with E-state index in [9.17, 15) is 13.2 Å². The van der Waals surface area contributed by atoms with Crippen molar-refractivity contribution < 1.29 is 22.8 Å². The number of thiazole rings is 2. The van der Waals surface area contributed by atoms with Gasteiger partial charge in [0.15, 0.2) is 27.3 Å². The summed E-state index contributed by atoms with van der Waals surface area (Å²) in [7, 11) is -3.36. The molecule has 1 atom stereocenters. The highest BCUT2D eigenvalue weighted by molar-refractivity contribution is 7.92. The molecule has 39 heavy (non-hydrogen) atoms. The van der Waals surface area contributed by atoms with E-state index in [1.165, 1.54) is 34.8 Å². The van der Waals surface area contributed by atoms with E-state index in [2.05, 4.69) is 30.7 Å². The van der Waals surface area contributed by atoms with E-state index in [0.717, 1.165) is 19.5 Å². The Morgan fingerprint density at radius 2 is 1.97 bits per heavy atom. The number of pyridine rings is 1. The van der Waals surface area contributed by atoms with Crippen LogP contribution in [0.15, 0.2) is 58.0 Å². The maximum absolute atomic E-state index is 13.3. The molecule has 4 heterocycles. The van der Waals surface area contributed by atoms with E-state index < -0.39 is 15.7 Å². The molecule has 1 saturated carbocycles. The Morgan fingerprint density at radius 3 is 2.69 bits per heavy atom. The molecule has 2 fully saturated rings. The highest BCUT2D eigenvalue weighted by Gasteiger charge is 2.36. The molecule has 1 saturated heterocycles. The molecule has 3 aromatic heterocycles. The van der Waals surface area contributed by atoms with Gasteiger partial charge in [0.2, 0.25) is 5.88 Å². The third-order valence-electron chi connectivity index (χ3n) is 6.21. The van der Waals surface area contributed by atoms with E-state index in [1.807, 2.05) is 5.38 Å². The van der Waals surface area contributed by atoms with E-state index in [-0.39, 0.29) is 28.6 Å². The summed E-state index contributed by atoms with van der Waals surface area (Å²) in [5.41, 5.74) is 1.01. The van der Waals surface area contributed by atoms with Crippen LogP contribution in [-0.2, 0) is 26.1 Å². The van der Waals surface area contributed by atoms with Crippen LogP contribution >= 0.6 is 22.7 Å². The monoisotopic (exact) mass is 584 g/mol. The van der Waals surface area contributed by atoms with E-state index in [4.69, 9.17) is 9.57 Å². The first kappa shape index (κ1) is 25.8. The predicted octanol–water partition coefficient (Wildman–Crippen LogP) is 3.38. The van der Waals surface area contributed by atoms with Gasteiger partial charge in [-0.15, -0.1) is 11.3 Å². The fourth-order valence-corrected chi connectivity index (χ4v) is 7.05. The lowest BCUT2D eigenvalue weighted by Crippen LogP contribution is -2.24. The Balaban J connectivity index is 1.22. The van der Waals surface area contributed by atoms with Crippen molar-refractivity contribution in [1.29, 1.82) is 0 Å². The van der Waals surface area contributed by atoms with Gasteiger partial charge in [-0.1, -0.05) is 28.6 Å². The predicted molar refractivity (Wildman–Crippen MR) is 148 cm³/mol. The Bertz CT molecular complexity index is 1610. The number of aromatic nitrogens is 3. The van der Waals surface area contributed by atoms with Gasteiger partial charge in [0.1, 0.15) is 21.5 Å². The number of fused-ring (bicyclic) bond motifs is 1. The summed E-state index contributed by atoms with van der Waals surface area (Å²) in [6, 6.07) is 9.68. The molecular weight excluding hydrogens is 561 g/mol. The Labute approximate surface area is 232 Å². The number of sulfone groups is 1. The van der Waals surface area contributed by atoms with Crippen LogP contribution in [0.2, 0.25) is 0 Å². The largest absolute Gasteiger partial charge is 0.473 e. The molecule has 1 amide bonds. The number of carbonyl (C=O) groups excluding carboxylic acids is 1. The average Bonchev–Trinajstić information content (AvgIpc) is 3.26. The minimum Gasteiger partial charge on any atom is -0.473 e. The standard InChI is InChI=1S/C25H24N6O5S3/c32-23(30-25-28-19-7-8-20(29-24(19)38-25)36-16-9-10-26-13-16)22(31-35-14-21-27-11-12-37-21)15-1-3-17(4-2-15)39(33,34)18-5-6-18/h1-4,7-8,11-12,16,18,26H,5-6,9-10,13-14H2,(H,28,30,32)/t16-/m0/s1. The lowest BCUT2D eigenvalue weighted by Gasteiger charge is -2.10. The van der Waals surface area contributed by atoms with Gasteiger partial charge in [0.25, 0.3) is 5.91 Å². The summed E-state index contributed by atoms with van der Waals surface area (Å²) in [5, 5.41) is 12.6. The molecule has 11 nitrogen and oxygen atoms in total. The molecule has 2 aliphatic rings. The second-order valence-corrected chi connectivity index (χ2v) is 13.3. The maximum atomic E-state index is 13.3.